The zero-order valence-corrected chi connectivity index (χ0v) is 46.0. The normalized spacial score (nSPS) is 17.4. The van der Waals surface area contributed by atoms with Crippen LogP contribution in [0.4, 0.5) is 24.5 Å². The fraction of sp³-hybridized carbons (Fsp3) is 0.517. The Labute approximate surface area is 469 Å². The molecule has 0 saturated carbocycles. The van der Waals surface area contributed by atoms with Gasteiger partial charge >= 0.3 is 6.18 Å². The van der Waals surface area contributed by atoms with Crippen LogP contribution in [0.15, 0.2) is 77.7 Å². The van der Waals surface area contributed by atoms with E-state index in [9.17, 15) is 41.9 Å². The van der Waals surface area contributed by atoms with Crippen molar-refractivity contribution in [3.8, 4) is 11.1 Å². The van der Waals surface area contributed by atoms with Gasteiger partial charge in [0, 0.05) is 116 Å². The Morgan fingerprint density at radius 3 is 2.07 bits per heavy atom. The Kier molecular flexibility index (Phi) is 22.4. The first kappa shape index (κ1) is 60.5. The van der Waals surface area contributed by atoms with Crippen LogP contribution < -0.4 is 26.4 Å². The average molecular weight is 1130 g/mol. The Balaban J connectivity index is 0.629. The molecule has 4 aromatic rings. The van der Waals surface area contributed by atoms with Gasteiger partial charge in [0.25, 0.3) is 11.8 Å². The van der Waals surface area contributed by atoms with Crippen molar-refractivity contribution in [3.05, 3.63) is 117 Å². The van der Waals surface area contributed by atoms with Crippen molar-refractivity contribution in [1.29, 1.82) is 0 Å². The molecule has 0 aliphatic carbocycles. The first-order valence-electron chi connectivity index (χ1n) is 27.8. The minimum Gasteiger partial charge on any atom is -0.379 e. The third-order valence-electron chi connectivity index (χ3n) is 14.8. The number of anilines is 2. The number of benzene rings is 3. The number of piperazine rings is 2. The van der Waals surface area contributed by atoms with E-state index in [-0.39, 0.29) is 30.6 Å². The second-order valence-electron chi connectivity index (χ2n) is 20.5. The van der Waals surface area contributed by atoms with Crippen molar-refractivity contribution in [2.45, 2.75) is 57.4 Å². The molecule has 4 N–H and O–H groups in total. The number of hydrogen-bond acceptors (Lipinski definition) is 15. The summed E-state index contributed by atoms with van der Waals surface area (Å²) < 4.78 is 69.8. The van der Waals surface area contributed by atoms with Crippen molar-refractivity contribution in [3.63, 3.8) is 0 Å². The topological polar surface area (TPSA) is 217 Å². The predicted octanol–water partition coefficient (Wildman–Crippen LogP) is 4.17. The largest absolute Gasteiger partial charge is 0.417 e. The molecule has 1 unspecified atom stereocenters. The van der Waals surface area contributed by atoms with E-state index in [1.54, 1.807) is 17.0 Å². The second-order valence-corrected chi connectivity index (χ2v) is 20.5. The maximum atomic E-state index is 13.9. The number of rotatable bonds is 29. The number of carbonyl (C=O) groups is 5. The van der Waals surface area contributed by atoms with Gasteiger partial charge in [0.1, 0.15) is 6.04 Å². The van der Waals surface area contributed by atoms with E-state index < -0.39 is 40.7 Å². The number of aryl methyl sites for hydroxylation is 1. The number of piperidine rings is 1. The lowest BCUT2D eigenvalue weighted by atomic mass is 10.00. The van der Waals surface area contributed by atoms with Crippen LogP contribution in [-0.4, -0.2) is 199 Å². The van der Waals surface area contributed by atoms with Gasteiger partial charge in [-0.15, -0.1) is 0 Å². The second kappa shape index (κ2) is 29.9. The maximum absolute atomic E-state index is 13.9. The number of likely N-dealkylation sites (N-methyl/N-ethyl adjacent to an activating group) is 1. The van der Waals surface area contributed by atoms with Crippen molar-refractivity contribution < 1.29 is 60.8 Å². The fourth-order valence-corrected chi connectivity index (χ4v) is 10.3. The summed E-state index contributed by atoms with van der Waals surface area (Å²) in [7, 11) is 2.02. The zero-order valence-electron chi connectivity index (χ0n) is 46.0. The molecule has 1 aromatic heterocycles. The average Bonchev–Trinajstić information content (AvgIpc) is 4.07. The maximum Gasteiger partial charge on any atom is 0.417 e. The summed E-state index contributed by atoms with van der Waals surface area (Å²) in [6.45, 7) is 12.8. The number of carbonyl (C=O) groups excluding carboxylic acids is 5. The van der Waals surface area contributed by atoms with Crippen molar-refractivity contribution >= 4 is 40.9 Å². The Morgan fingerprint density at radius 2 is 1.38 bits per heavy atom. The minimum atomic E-state index is -4.90. The minimum absolute atomic E-state index is 0.0715. The highest BCUT2D eigenvalue weighted by Gasteiger charge is 2.40. The molecule has 23 heteroatoms. The van der Waals surface area contributed by atoms with E-state index >= 15 is 0 Å². The molecule has 0 bridgehead atoms. The zero-order chi connectivity index (χ0) is 57.1. The summed E-state index contributed by atoms with van der Waals surface area (Å²) in [6, 6.07) is 19.2. The lowest BCUT2D eigenvalue weighted by Gasteiger charge is -2.35. The van der Waals surface area contributed by atoms with E-state index in [1.807, 2.05) is 43.4 Å². The molecule has 0 spiro atoms. The van der Waals surface area contributed by atoms with Gasteiger partial charge in [0.2, 0.25) is 23.3 Å². The third kappa shape index (κ3) is 17.7. The molecule has 81 heavy (non-hydrogen) atoms. The van der Waals surface area contributed by atoms with Crippen LogP contribution in [0.2, 0.25) is 0 Å². The van der Waals surface area contributed by atoms with Crippen LogP contribution in [0.5, 0.6) is 0 Å². The number of nitrogens with zero attached hydrogens (tertiary/aromatic N) is 5. The molecule has 8 rings (SSSR count). The van der Waals surface area contributed by atoms with Crippen molar-refractivity contribution in [2.24, 2.45) is 0 Å². The number of pyridine rings is 1. The van der Waals surface area contributed by atoms with Crippen LogP contribution in [0, 0.1) is 0 Å². The molecule has 5 amide bonds. The van der Waals surface area contributed by atoms with Crippen LogP contribution in [0.3, 0.4) is 0 Å². The quantitative estimate of drug-likeness (QED) is 0.0444. The van der Waals surface area contributed by atoms with E-state index in [0.29, 0.717) is 128 Å². The van der Waals surface area contributed by atoms with Gasteiger partial charge in [0.15, 0.2) is 0 Å². The summed E-state index contributed by atoms with van der Waals surface area (Å²) in [6.07, 6.45) is -1.79. The van der Waals surface area contributed by atoms with Gasteiger partial charge < -0.3 is 54.0 Å². The van der Waals surface area contributed by atoms with Crippen molar-refractivity contribution in [1.82, 2.24) is 35.2 Å². The van der Waals surface area contributed by atoms with Gasteiger partial charge in [0.05, 0.1) is 82.0 Å². The Hall–Kier alpha value is -6.57. The number of aromatic nitrogens is 1. The number of hydrogen-bond donors (Lipinski definition) is 4. The molecule has 3 fully saturated rings. The predicted molar refractivity (Wildman–Crippen MR) is 296 cm³/mol. The summed E-state index contributed by atoms with van der Waals surface area (Å²) in [5, 5.41) is 8.07. The van der Waals surface area contributed by atoms with Crippen LogP contribution in [-0.2, 0) is 63.8 Å². The molecule has 3 aromatic carbocycles. The summed E-state index contributed by atoms with van der Waals surface area (Å²) in [5.41, 5.74) is 3.52. The Bertz CT molecular complexity index is 2840. The highest BCUT2D eigenvalue weighted by atomic mass is 19.4. The first-order chi connectivity index (χ1) is 39.2. The van der Waals surface area contributed by atoms with Crippen LogP contribution in [0.1, 0.15) is 68.7 Å². The highest BCUT2D eigenvalue weighted by molar-refractivity contribution is 6.07. The first-order valence-corrected chi connectivity index (χ1v) is 27.8. The van der Waals surface area contributed by atoms with Crippen LogP contribution >= 0.6 is 0 Å². The van der Waals surface area contributed by atoms with E-state index in [4.69, 9.17) is 23.7 Å². The number of amides is 5. The smallest absolute Gasteiger partial charge is 0.379 e. The van der Waals surface area contributed by atoms with Crippen molar-refractivity contribution in [2.75, 3.05) is 149 Å². The molecule has 0 radical (unpaired) electrons. The summed E-state index contributed by atoms with van der Waals surface area (Å²) in [4.78, 5) is 87.6. The summed E-state index contributed by atoms with van der Waals surface area (Å²) >= 11 is 0. The number of fused-ring (bicyclic) bond motifs is 1. The molecule has 1 atom stereocenters. The molecule has 20 nitrogen and oxygen atoms in total. The third-order valence-corrected chi connectivity index (χ3v) is 14.8. The van der Waals surface area contributed by atoms with Gasteiger partial charge in [-0.05, 0) is 78.4 Å². The summed E-state index contributed by atoms with van der Waals surface area (Å²) in [5.74, 6) is -1.94. The lowest BCUT2D eigenvalue weighted by molar-refractivity contribution is -0.138. The molecule has 4 aliphatic rings. The number of halogens is 3. The molecule has 3 saturated heterocycles. The van der Waals surface area contributed by atoms with E-state index in [2.05, 4.69) is 52.7 Å². The van der Waals surface area contributed by atoms with E-state index in [1.165, 1.54) is 0 Å². The number of alkyl halides is 3. The standard InChI is InChI=1S/C58H74F3N9O11/c1-66-17-23-69(24-18-66)50-11-10-44(36-49(50)64-55(74)46-38-63-54(73)37-48(46)58(59,60)61)43-7-2-5-41(35-43)39-68-21-19-67(20-22-68)16-15-62-52(71)14-26-78-28-30-80-32-34-81-33-31-79-29-27-77-25-4-8-42-6-3-9-45-47(42)40-70(57(45)76)51-12-13-53(72)65-56(51)75/h2-3,5-7,9-11,35-38,51H,4,8,12-34,39-40H2,1H3,(H,62,71)(H,63,73)(H,64,74)(H,65,72,75). The number of ether oxygens (including phenoxy) is 5. The molecule has 5 heterocycles. The number of nitrogens with one attached hydrogen (secondary N) is 4. The molecular weight excluding hydrogens is 1060 g/mol. The van der Waals surface area contributed by atoms with Gasteiger partial charge in [-0.2, -0.15) is 13.2 Å². The van der Waals surface area contributed by atoms with E-state index in [0.717, 1.165) is 92.7 Å². The fourth-order valence-electron chi connectivity index (χ4n) is 10.3. The van der Waals surface area contributed by atoms with Gasteiger partial charge in [-0.1, -0.05) is 36.4 Å². The molecular formula is C58H74F3N9O11. The van der Waals surface area contributed by atoms with Gasteiger partial charge in [-0.3, -0.25) is 43.9 Å². The Morgan fingerprint density at radius 1 is 0.728 bits per heavy atom. The monoisotopic (exact) mass is 1130 g/mol. The SMILES string of the molecule is CN1CCN(c2ccc(-c3cccc(CN4CCN(CCNC(=O)CCOCCOCCOCCOCCOCCCc5cccc6c5CN(C5CCC(=O)NC5=O)C6=O)CC4)c3)cc2NC(=O)c2c[nH]c(=O)cc2C(F)(F)F)CC1. The number of aromatic amines is 1. The highest BCUT2D eigenvalue weighted by Crippen LogP contribution is 2.36. The molecule has 4 aliphatic heterocycles. The number of imide groups is 1. The van der Waals surface area contributed by atoms with Crippen LogP contribution in [0.25, 0.3) is 11.1 Å². The lowest BCUT2D eigenvalue weighted by Crippen LogP contribution is -2.52. The van der Waals surface area contributed by atoms with Gasteiger partial charge in [-0.25, -0.2) is 0 Å². The number of H-pyrrole nitrogens is 1. The molecule has 438 valence electrons.